The molecule has 2 aliphatic heterocycles. The van der Waals surface area contributed by atoms with Crippen LogP contribution in [0.15, 0.2) is 90.1 Å². The predicted octanol–water partition coefficient (Wildman–Crippen LogP) is 6.82. The van der Waals surface area contributed by atoms with Crippen LogP contribution < -0.4 is 0 Å². The Morgan fingerprint density at radius 3 is 2.31 bits per heavy atom. The van der Waals surface area contributed by atoms with E-state index in [0.29, 0.717) is 40.0 Å². The molecule has 45 heavy (non-hydrogen) atoms. The molecule has 0 spiro atoms. The fourth-order valence-corrected chi connectivity index (χ4v) is 6.15. The van der Waals surface area contributed by atoms with E-state index < -0.39 is 11.9 Å². The van der Waals surface area contributed by atoms with Crippen LogP contribution in [0.4, 0.5) is 0 Å². The van der Waals surface area contributed by atoms with Crippen LogP contribution in [0.1, 0.15) is 53.2 Å². The first-order valence-electron chi connectivity index (χ1n) is 15.2. The second-order valence-electron chi connectivity index (χ2n) is 11.2. The van der Waals surface area contributed by atoms with Crippen LogP contribution in [0.3, 0.4) is 0 Å². The standard InChI is InChI=1S/C36H37Cl2N3O4/c1-3-45-36(44)34-25(2)41(33(42)23-30(34)29-15-16-31(37)32(38)22-29)24-27-11-13-28(14-12-27)35(43)40-20-18-39(19-21-40)17-7-10-26-8-5-4-6-9-26/h4-16,22,30H,3,17-21,23-24H2,1-2H3/b10-7+. The predicted molar refractivity (Wildman–Crippen MR) is 178 cm³/mol. The minimum atomic E-state index is -0.497. The van der Waals surface area contributed by atoms with Gasteiger partial charge in [-0.15, -0.1) is 0 Å². The molecular formula is C36H37Cl2N3O4. The minimum absolute atomic E-state index is 0.000201. The van der Waals surface area contributed by atoms with E-state index in [1.807, 2.05) is 47.4 Å². The maximum Gasteiger partial charge on any atom is 0.336 e. The van der Waals surface area contributed by atoms with E-state index in [9.17, 15) is 14.4 Å². The number of allylic oxidation sites excluding steroid dienone is 1. The summed E-state index contributed by atoms with van der Waals surface area (Å²) in [4.78, 5) is 45.7. The number of benzene rings is 3. The summed E-state index contributed by atoms with van der Waals surface area (Å²) in [5.41, 5.74) is 4.34. The number of esters is 1. The van der Waals surface area contributed by atoms with Crippen LogP contribution in [0, 0.1) is 0 Å². The number of nitrogens with zero attached hydrogens (tertiary/aromatic N) is 3. The van der Waals surface area contributed by atoms with Crippen LogP contribution in [0.25, 0.3) is 6.08 Å². The lowest BCUT2D eigenvalue weighted by molar-refractivity contribution is -0.140. The third-order valence-corrected chi connectivity index (χ3v) is 9.08. The number of hydrogen-bond donors (Lipinski definition) is 0. The van der Waals surface area contributed by atoms with Crippen molar-refractivity contribution in [3.8, 4) is 0 Å². The molecule has 1 saturated heterocycles. The molecule has 7 nitrogen and oxygen atoms in total. The Balaban J connectivity index is 1.23. The van der Waals surface area contributed by atoms with Crippen LogP contribution in [0.5, 0.6) is 0 Å². The quantitative estimate of drug-likeness (QED) is 0.239. The highest BCUT2D eigenvalue weighted by molar-refractivity contribution is 6.42. The molecule has 2 amide bonds. The van der Waals surface area contributed by atoms with Gasteiger partial charge in [-0.25, -0.2) is 4.79 Å². The van der Waals surface area contributed by atoms with Gasteiger partial charge in [0.25, 0.3) is 5.91 Å². The van der Waals surface area contributed by atoms with E-state index in [4.69, 9.17) is 27.9 Å². The van der Waals surface area contributed by atoms with Crippen LogP contribution in [0.2, 0.25) is 10.0 Å². The Labute approximate surface area is 274 Å². The highest BCUT2D eigenvalue weighted by Gasteiger charge is 2.37. The fourth-order valence-electron chi connectivity index (χ4n) is 5.84. The lowest BCUT2D eigenvalue weighted by atomic mass is 9.83. The molecule has 2 aliphatic rings. The van der Waals surface area contributed by atoms with Crippen molar-refractivity contribution in [1.29, 1.82) is 0 Å². The summed E-state index contributed by atoms with van der Waals surface area (Å²) in [5.74, 6) is -1.08. The monoisotopic (exact) mass is 645 g/mol. The molecule has 2 heterocycles. The smallest absolute Gasteiger partial charge is 0.336 e. The summed E-state index contributed by atoms with van der Waals surface area (Å²) in [7, 11) is 0. The number of piperazine rings is 1. The summed E-state index contributed by atoms with van der Waals surface area (Å²) >= 11 is 12.4. The summed E-state index contributed by atoms with van der Waals surface area (Å²) in [6, 6.07) is 22.7. The van der Waals surface area contributed by atoms with Gasteiger partial charge in [0.05, 0.1) is 28.8 Å². The molecule has 1 unspecified atom stereocenters. The van der Waals surface area contributed by atoms with E-state index in [1.54, 1.807) is 36.9 Å². The van der Waals surface area contributed by atoms with Crippen molar-refractivity contribution in [3.05, 3.63) is 122 Å². The van der Waals surface area contributed by atoms with Crippen molar-refractivity contribution >= 4 is 47.1 Å². The molecule has 0 radical (unpaired) electrons. The molecule has 0 aliphatic carbocycles. The van der Waals surface area contributed by atoms with Crippen LogP contribution in [-0.2, 0) is 20.9 Å². The van der Waals surface area contributed by atoms with E-state index in [0.717, 1.165) is 30.8 Å². The van der Waals surface area contributed by atoms with Gasteiger partial charge in [-0.1, -0.05) is 83.9 Å². The molecule has 5 rings (SSSR count). The van der Waals surface area contributed by atoms with Gasteiger partial charge in [0, 0.05) is 56.3 Å². The zero-order valence-electron chi connectivity index (χ0n) is 25.5. The lowest BCUT2D eigenvalue weighted by Gasteiger charge is -2.35. The second kappa shape index (κ2) is 14.9. The Kier molecular flexibility index (Phi) is 10.8. The Bertz CT molecular complexity index is 1600. The van der Waals surface area contributed by atoms with Gasteiger partial charge in [0.2, 0.25) is 5.91 Å². The van der Waals surface area contributed by atoms with Gasteiger partial charge in [-0.3, -0.25) is 14.5 Å². The number of halogens is 2. The highest BCUT2D eigenvalue weighted by atomic mass is 35.5. The minimum Gasteiger partial charge on any atom is -0.463 e. The van der Waals surface area contributed by atoms with Crippen molar-refractivity contribution in [2.75, 3.05) is 39.3 Å². The SMILES string of the molecule is CCOC(=O)C1=C(C)N(Cc2ccc(C(=O)N3CCN(C/C=C/c4ccccc4)CC3)cc2)C(=O)CC1c1ccc(Cl)c(Cl)c1. The molecule has 234 valence electrons. The molecular weight excluding hydrogens is 609 g/mol. The Morgan fingerprint density at radius 1 is 0.933 bits per heavy atom. The Morgan fingerprint density at radius 2 is 1.64 bits per heavy atom. The largest absolute Gasteiger partial charge is 0.463 e. The van der Waals surface area contributed by atoms with Crippen molar-refractivity contribution < 1.29 is 19.1 Å². The summed E-state index contributed by atoms with van der Waals surface area (Å²) in [5, 5.41) is 0.760. The normalized spacial score (nSPS) is 17.7. The number of carbonyl (C=O) groups is 3. The van der Waals surface area contributed by atoms with Crippen LogP contribution in [-0.4, -0.2) is 71.8 Å². The van der Waals surface area contributed by atoms with Crippen molar-refractivity contribution in [2.24, 2.45) is 0 Å². The van der Waals surface area contributed by atoms with Gasteiger partial charge >= 0.3 is 5.97 Å². The highest BCUT2D eigenvalue weighted by Crippen LogP contribution is 2.39. The van der Waals surface area contributed by atoms with E-state index in [-0.39, 0.29) is 31.4 Å². The maximum atomic E-state index is 13.4. The van der Waals surface area contributed by atoms with Gasteiger partial charge in [-0.05, 0) is 54.8 Å². The number of carbonyl (C=O) groups excluding carboxylic acids is 3. The van der Waals surface area contributed by atoms with E-state index in [1.165, 1.54) is 5.56 Å². The third-order valence-electron chi connectivity index (χ3n) is 8.34. The number of ether oxygens (including phenoxy) is 1. The molecule has 1 atom stereocenters. The zero-order chi connectivity index (χ0) is 31.9. The van der Waals surface area contributed by atoms with Crippen molar-refractivity contribution in [1.82, 2.24) is 14.7 Å². The molecule has 0 saturated carbocycles. The molecule has 3 aromatic rings. The second-order valence-corrected chi connectivity index (χ2v) is 12.0. The average Bonchev–Trinajstić information content (AvgIpc) is 3.05. The molecule has 1 fully saturated rings. The first kappa shape index (κ1) is 32.5. The van der Waals surface area contributed by atoms with E-state index >= 15 is 0 Å². The van der Waals surface area contributed by atoms with E-state index in [2.05, 4.69) is 29.2 Å². The first-order valence-corrected chi connectivity index (χ1v) is 16.0. The van der Waals surface area contributed by atoms with Crippen LogP contribution >= 0.6 is 23.2 Å². The number of amides is 2. The van der Waals surface area contributed by atoms with Gasteiger partial charge < -0.3 is 14.5 Å². The van der Waals surface area contributed by atoms with Crippen molar-refractivity contribution in [2.45, 2.75) is 32.7 Å². The maximum absolute atomic E-state index is 13.4. The zero-order valence-corrected chi connectivity index (χ0v) is 27.1. The van der Waals surface area contributed by atoms with Gasteiger partial charge in [-0.2, -0.15) is 0 Å². The average molecular weight is 647 g/mol. The summed E-state index contributed by atoms with van der Waals surface area (Å²) in [6.07, 6.45) is 4.38. The first-order chi connectivity index (χ1) is 21.7. The molecule has 0 aromatic heterocycles. The Hall–Kier alpha value is -3.91. The lowest BCUT2D eigenvalue weighted by Crippen LogP contribution is -2.48. The molecule has 3 aromatic carbocycles. The van der Waals surface area contributed by atoms with Gasteiger partial charge in [0.1, 0.15) is 0 Å². The number of hydrogen-bond acceptors (Lipinski definition) is 5. The molecule has 0 bridgehead atoms. The fraction of sp³-hybridized carbons (Fsp3) is 0.306. The summed E-state index contributed by atoms with van der Waals surface area (Å²) in [6.45, 7) is 7.82. The topological polar surface area (TPSA) is 70.2 Å². The summed E-state index contributed by atoms with van der Waals surface area (Å²) < 4.78 is 5.39. The molecule has 0 N–H and O–H groups in total. The third kappa shape index (κ3) is 7.85. The molecule has 9 heteroatoms. The number of rotatable bonds is 9. The van der Waals surface area contributed by atoms with Gasteiger partial charge in [0.15, 0.2) is 0 Å². The van der Waals surface area contributed by atoms with Crippen molar-refractivity contribution in [3.63, 3.8) is 0 Å².